The number of amides is 1. The highest BCUT2D eigenvalue weighted by Crippen LogP contribution is 2.29. The molecular weight excluding hydrogens is 298 g/mol. The zero-order valence-corrected chi connectivity index (χ0v) is 13.9. The van der Waals surface area contributed by atoms with Crippen molar-refractivity contribution >= 4 is 11.6 Å². The molecule has 24 heavy (non-hydrogen) atoms. The summed E-state index contributed by atoms with van der Waals surface area (Å²) in [6.07, 6.45) is 6.96. The fourth-order valence-electron chi connectivity index (χ4n) is 3.93. The summed E-state index contributed by atoms with van der Waals surface area (Å²) in [6, 6.07) is 12.5. The van der Waals surface area contributed by atoms with E-state index in [2.05, 4.69) is 40.2 Å². The number of benzene rings is 1. The van der Waals surface area contributed by atoms with E-state index in [1.54, 1.807) is 0 Å². The minimum absolute atomic E-state index is 0.238. The standard InChI is InChI=1S/C20H23N3O/c24-20(23-14-9-18-3-1-2-4-19(18)23)15-22-12-7-17(8-13-22)16-5-10-21-11-6-16/h1-6,10-11,17H,7-9,12-15H2. The first-order valence-corrected chi connectivity index (χ1v) is 8.82. The molecule has 0 saturated carbocycles. The number of likely N-dealkylation sites (tertiary alicyclic amines) is 1. The van der Waals surface area contributed by atoms with Crippen molar-refractivity contribution in [2.45, 2.75) is 25.2 Å². The minimum Gasteiger partial charge on any atom is -0.311 e. The molecule has 0 atom stereocenters. The predicted octanol–water partition coefficient (Wildman–Crippen LogP) is 2.85. The van der Waals surface area contributed by atoms with Gasteiger partial charge in [0.05, 0.1) is 6.54 Å². The van der Waals surface area contributed by atoms with Crippen molar-refractivity contribution in [1.82, 2.24) is 9.88 Å². The average Bonchev–Trinajstić information content (AvgIpc) is 3.07. The van der Waals surface area contributed by atoms with Crippen LogP contribution in [-0.2, 0) is 11.2 Å². The number of nitrogens with zero attached hydrogens (tertiary/aromatic N) is 3. The first-order chi connectivity index (χ1) is 11.8. The van der Waals surface area contributed by atoms with E-state index in [0.717, 1.165) is 44.6 Å². The molecule has 0 bridgehead atoms. The summed E-state index contributed by atoms with van der Waals surface area (Å²) in [4.78, 5) is 21.1. The van der Waals surface area contributed by atoms with Crippen molar-refractivity contribution in [3.05, 3.63) is 59.9 Å². The van der Waals surface area contributed by atoms with Crippen LogP contribution in [0.3, 0.4) is 0 Å². The van der Waals surface area contributed by atoms with E-state index in [1.807, 2.05) is 23.4 Å². The van der Waals surface area contributed by atoms with E-state index >= 15 is 0 Å². The fourth-order valence-corrected chi connectivity index (χ4v) is 3.93. The zero-order chi connectivity index (χ0) is 16.4. The Bertz CT molecular complexity index is 708. The van der Waals surface area contributed by atoms with Crippen LogP contribution < -0.4 is 4.90 Å². The molecule has 0 aliphatic carbocycles. The Labute approximate surface area is 143 Å². The molecule has 4 nitrogen and oxygen atoms in total. The van der Waals surface area contributed by atoms with Crippen molar-refractivity contribution in [3.8, 4) is 0 Å². The van der Waals surface area contributed by atoms with Crippen molar-refractivity contribution in [1.29, 1.82) is 0 Å². The Hall–Kier alpha value is -2.20. The molecule has 1 saturated heterocycles. The molecule has 0 unspecified atom stereocenters. The molecule has 124 valence electrons. The molecule has 0 spiro atoms. The second-order valence-corrected chi connectivity index (χ2v) is 6.76. The number of rotatable bonds is 3. The van der Waals surface area contributed by atoms with Gasteiger partial charge >= 0.3 is 0 Å². The number of para-hydroxylation sites is 1. The third-order valence-electron chi connectivity index (χ3n) is 5.31. The number of carbonyl (C=O) groups excluding carboxylic acids is 1. The largest absolute Gasteiger partial charge is 0.311 e. The molecule has 2 aromatic rings. The summed E-state index contributed by atoms with van der Waals surface area (Å²) in [5.41, 5.74) is 3.78. The number of anilines is 1. The molecule has 2 aliphatic heterocycles. The lowest BCUT2D eigenvalue weighted by Gasteiger charge is -2.32. The molecule has 0 N–H and O–H groups in total. The van der Waals surface area contributed by atoms with Crippen LogP contribution in [0.25, 0.3) is 0 Å². The Morgan fingerprint density at radius 3 is 2.58 bits per heavy atom. The second kappa shape index (κ2) is 6.73. The molecule has 1 aromatic heterocycles. The number of hydrogen-bond acceptors (Lipinski definition) is 3. The average molecular weight is 321 g/mol. The maximum absolute atomic E-state index is 12.7. The number of pyridine rings is 1. The molecule has 4 rings (SSSR count). The number of carbonyl (C=O) groups is 1. The highest BCUT2D eigenvalue weighted by Gasteiger charge is 2.27. The smallest absolute Gasteiger partial charge is 0.241 e. The number of piperidine rings is 1. The molecule has 1 fully saturated rings. The molecule has 3 heterocycles. The lowest BCUT2D eigenvalue weighted by Crippen LogP contribution is -2.42. The van der Waals surface area contributed by atoms with Gasteiger partial charge in [-0.1, -0.05) is 18.2 Å². The van der Waals surface area contributed by atoms with Crippen LogP contribution in [0.5, 0.6) is 0 Å². The van der Waals surface area contributed by atoms with Gasteiger partial charge in [0.15, 0.2) is 0 Å². The highest BCUT2D eigenvalue weighted by molar-refractivity contribution is 5.96. The van der Waals surface area contributed by atoms with Crippen LogP contribution in [0.2, 0.25) is 0 Å². The fraction of sp³-hybridized carbons (Fsp3) is 0.400. The van der Waals surface area contributed by atoms with Gasteiger partial charge in [-0.25, -0.2) is 0 Å². The van der Waals surface area contributed by atoms with E-state index in [9.17, 15) is 4.79 Å². The van der Waals surface area contributed by atoms with Gasteiger partial charge in [-0.05, 0) is 67.6 Å². The number of aromatic nitrogens is 1. The van der Waals surface area contributed by atoms with Gasteiger partial charge in [0, 0.05) is 24.6 Å². The molecule has 0 radical (unpaired) electrons. The van der Waals surface area contributed by atoms with E-state index in [0.29, 0.717) is 12.5 Å². The number of fused-ring (bicyclic) bond motifs is 1. The normalized spacial score (nSPS) is 18.6. The summed E-state index contributed by atoms with van der Waals surface area (Å²) in [6.45, 7) is 3.35. The monoisotopic (exact) mass is 321 g/mol. The molecule has 1 aromatic carbocycles. The molecule has 4 heteroatoms. The quantitative estimate of drug-likeness (QED) is 0.872. The van der Waals surface area contributed by atoms with Crippen molar-refractivity contribution in [2.75, 3.05) is 31.1 Å². The van der Waals surface area contributed by atoms with Gasteiger partial charge in [0.25, 0.3) is 0 Å². The van der Waals surface area contributed by atoms with Crippen LogP contribution >= 0.6 is 0 Å². The Balaban J connectivity index is 1.34. The molecule has 1 amide bonds. The lowest BCUT2D eigenvalue weighted by molar-refractivity contribution is -0.119. The third-order valence-corrected chi connectivity index (χ3v) is 5.31. The topological polar surface area (TPSA) is 36.4 Å². The number of hydrogen-bond donors (Lipinski definition) is 0. The summed E-state index contributed by atoms with van der Waals surface area (Å²) in [7, 11) is 0. The van der Waals surface area contributed by atoms with E-state index in [1.165, 1.54) is 11.1 Å². The van der Waals surface area contributed by atoms with Crippen molar-refractivity contribution < 1.29 is 4.79 Å². The first-order valence-electron chi connectivity index (χ1n) is 8.82. The van der Waals surface area contributed by atoms with Gasteiger partial charge in [0.2, 0.25) is 5.91 Å². The third kappa shape index (κ3) is 3.06. The van der Waals surface area contributed by atoms with Crippen LogP contribution in [0.1, 0.15) is 29.9 Å². The summed E-state index contributed by atoms with van der Waals surface area (Å²) in [5.74, 6) is 0.842. The van der Waals surface area contributed by atoms with Gasteiger partial charge in [-0.3, -0.25) is 14.7 Å². The van der Waals surface area contributed by atoms with E-state index in [4.69, 9.17) is 0 Å². The van der Waals surface area contributed by atoms with Crippen LogP contribution in [0.15, 0.2) is 48.8 Å². The van der Waals surface area contributed by atoms with Crippen molar-refractivity contribution in [3.63, 3.8) is 0 Å². The second-order valence-electron chi connectivity index (χ2n) is 6.76. The summed E-state index contributed by atoms with van der Waals surface area (Å²) < 4.78 is 0. The van der Waals surface area contributed by atoms with Gasteiger partial charge in [-0.2, -0.15) is 0 Å². The van der Waals surface area contributed by atoms with Gasteiger partial charge < -0.3 is 4.90 Å². The van der Waals surface area contributed by atoms with Crippen LogP contribution in [0.4, 0.5) is 5.69 Å². The maximum Gasteiger partial charge on any atom is 0.241 e. The van der Waals surface area contributed by atoms with Gasteiger partial charge in [0.1, 0.15) is 0 Å². The highest BCUT2D eigenvalue weighted by atomic mass is 16.2. The summed E-state index contributed by atoms with van der Waals surface area (Å²) >= 11 is 0. The summed E-state index contributed by atoms with van der Waals surface area (Å²) in [5, 5.41) is 0. The first kappa shape index (κ1) is 15.3. The van der Waals surface area contributed by atoms with Crippen molar-refractivity contribution in [2.24, 2.45) is 0 Å². The van der Waals surface area contributed by atoms with Crippen LogP contribution in [-0.4, -0.2) is 42.0 Å². The predicted molar refractivity (Wildman–Crippen MR) is 95.2 cm³/mol. The van der Waals surface area contributed by atoms with E-state index in [-0.39, 0.29) is 5.91 Å². The zero-order valence-electron chi connectivity index (χ0n) is 13.9. The SMILES string of the molecule is O=C(CN1CCC(c2ccncc2)CC1)N1CCc2ccccc21. The Morgan fingerprint density at radius 2 is 1.79 bits per heavy atom. The lowest BCUT2D eigenvalue weighted by atomic mass is 9.90. The minimum atomic E-state index is 0.238. The Kier molecular flexibility index (Phi) is 4.30. The maximum atomic E-state index is 12.7. The van der Waals surface area contributed by atoms with Crippen LogP contribution in [0, 0.1) is 0 Å². The molecule has 2 aliphatic rings. The van der Waals surface area contributed by atoms with E-state index < -0.39 is 0 Å². The van der Waals surface area contributed by atoms with Gasteiger partial charge in [-0.15, -0.1) is 0 Å². The Morgan fingerprint density at radius 1 is 1.04 bits per heavy atom. The molecular formula is C20H23N3O.